The number of hydrogen-bond donors (Lipinski definition) is 1. The van der Waals surface area contributed by atoms with Crippen LogP contribution in [0, 0.1) is 0 Å². The van der Waals surface area contributed by atoms with Gasteiger partial charge < -0.3 is 14.3 Å². The first-order valence-corrected chi connectivity index (χ1v) is 8.51. The van der Waals surface area contributed by atoms with Gasteiger partial charge in [0.15, 0.2) is 0 Å². The number of thiol groups is 1. The number of oxime groups is 1. The van der Waals surface area contributed by atoms with Crippen molar-refractivity contribution >= 4 is 18.3 Å². The lowest BCUT2D eigenvalue weighted by atomic mass is 9.90. The summed E-state index contributed by atoms with van der Waals surface area (Å²) in [7, 11) is 1.60. The topological polar surface area (TPSA) is 43.3 Å². The van der Waals surface area contributed by atoms with E-state index in [1.165, 1.54) is 0 Å². The van der Waals surface area contributed by atoms with E-state index in [1.807, 2.05) is 24.3 Å². The number of hydrogen-bond acceptors (Lipinski definition) is 6. The van der Waals surface area contributed by atoms with Crippen molar-refractivity contribution < 1.29 is 14.3 Å². The van der Waals surface area contributed by atoms with E-state index >= 15 is 0 Å². The molecule has 0 bridgehead atoms. The Labute approximate surface area is 149 Å². The lowest BCUT2D eigenvalue weighted by Gasteiger charge is -2.41. The molecule has 1 fully saturated rings. The zero-order valence-corrected chi connectivity index (χ0v) is 15.5. The number of benzene rings is 1. The molecule has 0 aromatic heterocycles. The Balaban J connectivity index is 2.24. The van der Waals surface area contributed by atoms with Gasteiger partial charge in [-0.2, -0.15) is 0 Å². The third kappa shape index (κ3) is 5.00. The smallest absolute Gasteiger partial charge is 0.138 e. The highest BCUT2D eigenvalue weighted by Crippen LogP contribution is 2.24. The van der Waals surface area contributed by atoms with Crippen molar-refractivity contribution in [1.29, 1.82) is 0 Å². The van der Waals surface area contributed by atoms with Crippen LogP contribution < -0.4 is 0 Å². The van der Waals surface area contributed by atoms with Gasteiger partial charge in [-0.05, 0) is 32.1 Å². The fraction of sp³-hybridized carbons (Fsp3) is 0.500. The quantitative estimate of drug-likeness (QED) is 0.270. The predicted molar refractivity (Wildman–Crippen MR) is 98.8 cm³/mol. The first-order valence-electron chi connectivity index (χ1n) is 8.06. The van der Waals surface area contributed by atoms with Crippen molar-refractivity contribution in [2.75, 3.05) is 40.0 Å². The van der Waals surface area contributed by atoms with Crippen LogP contribution in [0.2, 0.25) is 0 Å². The van der Waals surface area contributed by atoms with E-state index in [-0.39, 0.29) is 5.54 Å². The van der Waals surface area contributed by atoms with Crippen LogP contribution >= 0.6 is 12.6 Å². The maximum absolute atomic E-state index is 5.50. The Kier molecular flexibility index (Phi) is 7.15. The van der Waals surface area contributed by atoms with Crippen LogP contribution in [0.1, 0.15) is 19.4 Å². The predicted octanol–water partition coefficient (Wildman–Crippen LogP) is 2.97. The minimum Gasteiger partial charge on any atom is -0.505 e. The summed E-state index contributed by atoms with van der Waals surface area (Å²) in [5, 5.41) is 4.44. The molecule has 0 atom stereocenters. The number of nitrogens with zero attached hydrogens (tertiary/aromatic N) is 2. The molecule has 0 aliphatic carbocycles. The van der Waals surface area contributed by atoms with Gasteiger partial charge in [-0.15, -0.1) is 12.6 Å². The van der Waals surface area contributed by atoms with Crippen LogP contribution in [0.25, 0.3) is 0 Å². The van der Waals surface area contributed by atoms with E-state index in [9.17, 15) is 0 Å². The van der Waals surface area contributed by atoms with Gasteiger partial charge in [0.2, 0.25) is 0 Å². The zero-order chi connectivity index (χ0) is 17.4. The maximum atomic E-state index is 5.50. The Morgan fingerprint density at radius 3 is 2.58 bits per heavy atom. The van der Waals surface area contributed by atoms with Crippen molar-refractivity contribution in [2.45, 2.75) is 24.3 Å². The van der Waals surface area contributed by atoms with Crippen molar-refractivity contribution in [3.05, 3.63) is 42.2 Å². The SMILES string of the molecule is CO/C=C/CO/N=C(/c1ccc(S)cc1)C(C)(C)N1CCOCC1. The van der Waals surface area contributed by atoms with Gasteiger partial charge in [0.1, 0.15) is 12.3 Å². The fourth-order valence-electron chi connectivity index (χ4n) is 2.69. The highest BCUT2D eigenvalue weighted by atomic mass is 32.1. The largest absolute Gasteiger partial charge is 0.505 e. The van der Waals surface area contributed by atoms with E-state index in [4.69, 9.17) is 14.3 Å². The summed E-state index contributed by atoms with van der Waals surface area (Å²) < 4.78 is 10.3. The minimum absolute atomic E-state index is 0.271. The highest BCUT2D eigenvalue weighted by molar-refractivity contribution is 7.80. The Morgan fingerprint density at radius 1 is 1.29 bits per heavy atom. The molecule has 1 heterocycles. The number of ether oxygens (including phenoxy) is 2. The van der Waals surface area contributed by atoms with Crippen LogP contribution in [0.15, 0.2) is 46.7 Å². The van der Waals surface area contributed by atoms with Gasteiger partial charge in [0.05, 0.1) is 32.1 Å². The summed E-state index contributed by atoms with van der Waals surface area (Å²) in [6, 6.07) is 7.98. The molecule has 1 aromatic carbocycles. The summed E-state index contributed by atoms with van der Waals surface area (Å²) in [5.41, 5.74) is 1.65. The lowest BCUT2D eigenvalue weighted by Crippen LogP contribution is -2.54. The van der Waals surface area contributed by atoms with Gasteiger partial charge in [-0.1, -0.05) is 17.3 Å². The number of methoxy groups -OCH3 is 1. The van der Waals surface area contributed by atoms with E-state index in [2.05, 4.69) is 36.5 Å². The molecule has 0 saturated carbocycles. The molecule has 1 saturated heterocycles. The van der Waals surface area contributed by atoms with E-state index < -0.39 is 0 Å². The lowest BCUT2D eigenvalue weighted by molar-refractivity contribution is 0.00901. The van der Waals surface area contributed by atoms with Crippen LogP contribution in [-0.4, -0.2) is 56.2 Å². The monoisotopic (exact) mass is 350 g/mol. The van der Waals surface area contributed by atoms with E-state index in [0.717, 1.165) is 42.5 Å². The molecule has 0 spiro atoms. The fourth-order valence-corrected chi connectivity index (χ4v) is 2.84. The summed E-state index contributed by atoms with van der Waals surface area (Å²) >= 11 is 4.36. The highest BCUT2D eigenvalue weighted by Gasteiger charge is 2.34. The Hall–Kier alpha value is -1.50. The summed E-state index contributed by atoms with van der Waals surface area (Å²) in [6.45, 7) is 7.93. The standard InChI is InChI=1S/C18H26N2O3S/c1-18(2,20-9-13-22-14-10-20)17(19-23-12-4-11-21-3)15-5-7-16(24)8-6-15/h4-8,11,24H,9-10,12-14H2,1-3H3/b11-4+,19-17-. The zero-order valence-electron chi connectivity index (χ0n) is 14.6. The molecule has 1 aliphatic heterocycles. The number of morpholine rings is 1. The maximum Gasteiger partial charge on any atom is 0.138 e. The average molecular weight is 350 g/mol. The van der Waals surface area contributed by atoms with Gasteiger partial charge in [0.25, 0.3) is 0 Å². The molecule has 0 N–H and O–H groups in total. The van der Waals surface area contributed by atoms with E-state index in [0.29, 0.717) is 6.61 Å². The van der Waals surface area contributed by atoms with Crippen LogP contribution in [0.4, 0.5) is 0 Å². The first-order chi connectivity index (χ1) is 11.6. The molecular formula is C18H26N2O3S. The molecule has 1 aliphatic rings. The van der Waals surface area contributed by atoms with Crippen molar-refractivity contribution in [3.8, 4) is 0 Å². The first kappa shape index (κ1) is 18.8. The molecule has 132 valence electrons. The van der Waals surface area contributed by atoms with Crippen LogP contribution in [0.5, 0.6) is 0 Å². The van der Waals surface area contributed by atoms with Crippen LogP contribution in [0.3, 0.4) is 0 Å². The average Bonchev–Trinajstić information content (AvgIpc) is 2.60. The second-order valence-corrected chi connectivity index (χ2v) is 6.56. The molecule has 2 rings (SSSR count). The third-order valence-corrected chi connectivity index (χ3v) is 4.38. The molecule has 0 amide bonds. The van der Waals surface area contributed by atoms with Crippen molar-refractivity contribution in [2.24, 2.45) is 5.16 Å². The van der Waals surface area contributed by atoms with Gasteiger partial charge >= 0.3 is 0 Å². The summed E-state index contributed by atoms with van der Waals surface area (Å²) in [6.07, 6.45) is 3.36. The Morgan fingerprint density at radius 2 is 1.96 bits per heavy atom. The van der Waals surface area contributed by atoms with Gasteiger partial charge in [-0.25, -0.2) is 0 Å². The third-order valence-electron chi connectivity index (χ3n) is 4.08. The molecule has 1 aromatic rings. The van der Waals surface area contributed by atoms with E-state index in [1.54, 1.807) is 19.4 Å². The molecule has 6 heteroatoms. The van der Waals surface area contributed by atoms with Gasteiger partial charge in [0, 0.05) is 23.5 Å². The number of rotatable bonds is 7. The van der Waals surface area contributed by atoms with Crippen molar-refractivity contribution in [3.63, 3.8) is 0 Å². The normalized spacial score (nSPS) is 17.2. The van der Waals surface area contributed by atoms with Crippen LogP contribution in [-0.2, 0) is 14.3 Å². The summed E-state index contributed by atoms with van der Waals surface area (Å²) in [5.74, 6) is 0. The molecule has 0 radical (unpaired) electrons. The molecule has 5 nitrogen and oxygen atoms in total. The second kappa shape index (κ2) is 9.11. The Bertz CT molecular complexity index is 564. The van der Waals surface area contributed by atoms with Gasteiger partial charge in [-0.3, -0.25) is 4.90 Å². The molecule has 24 heavy (non-hydrogen) atoms. The molecule has 0 unspecified atom stereocenters. The molecular weight excluding hydrogens is 324 g/mol. The minimum atomic E-state index is -0.271. The van der Waals surface area contributed by atoms with Crippen molar-refractivity contribution in [1.82, 2.24) is 4.90 Å². The second-order valence-electron chi connectivity index (χ2n) is 6.05. The summed E-state index contributed by atoms with van der Waals surface area (Å²) in [4.78, 5) is 8.80.